The molecule has 0 aromatic carbocycles. The Morgan fingerprint density at radius 2 is 1.88 bits per heavy atom. The number of carbonyl (C=O) groups is 2. The van der Waals surface area contributed by atoms with E-state index in [2.05, 4.69) is 16.6 Å². The van der Waals surface area contributed by atoms with Gasteiger partial charge in [0.15, 0.2) is 0 Å². The molecule has 0 aliphatic rings. The molecule has 0 spiro atoms. The summed E-state index contributed by atoms with van der Waals surface area (Å²) in [7, 11) is 0. The number of hydrogen-bond acceptors (Lipinski definition) is 2. The molecule has 0 rings (SSSR count). The van der Waals surface area contributed by atoms with E-state index in [9.17, 15) is 9.59 Å². The number of hydrogen-bond donors (Lipinski definition) is 3. The van der Waals surface area contributed by atoms with Crippen molar-refractivity contribution in [3.63, 3.8) is 0 Å². The minimum absolute atomic E-state index is 0.197. The molecule has 0 aliphatic heterocycles. The summed E-state index contributed by atoms with van der Waals surface area (Å²) in [6, 6.07) is -1.50. The highest BCUT2D eigenvalue weighted by Crippen LogP contribution is 2.03. The van der Waals surface area contributed by atoms with Crippen molar-refractivity contribution in [3.8, 4) is 12.3 Å². The zero-order valence-electron chi connectivity index (χ0n) is 10.00. The lowest BCUT2D eigenvalue weighted by Crippen LogP contribution is -2.53. The highest BCUT2D eigenvalue weighted by Gasteiger charge is 2.25. The zero-order valence-corrected chi connectivity index (χ0v) is 10.00. The molecule has 3 N–H and O–H groups in total. The largest absolute Gasteiger partial charge is 0.480 e. The van der Waals surface area contributed by atoms with Gasteiger partial charge in [0.1, 0.15) is 6.04 Å². The molecule has 1 atom stereocenters. The number of terminal acetylenes is 1. The summed E-state index contributed by atoms with van der Waals surface area (Å²) in [5, 5.41) is 13.7. The van der Waals surface area contributed by atoms with Gasteiger partial charge in [-0.15, -0.1) is 6.42 Å². The number of carbonyl (C=O) groups excluding carboxylic acids is 1. The van der Waals surface area contributed by atoms with Crippen LogP contribution < -0.4 is 10.6 Å². The van der Waals surface area contributed by atoms with Crippen molar-refractivity contribution in [2.45, 2.75) is 39.3 Å². The van der Waals surface area contributed by atoms with Crippen molar-refractivity contribution >= 4 is 12.0 Å². The van der Waals surface area contributed by atoms with Crippen LogP contribution in [0.25, 0.3) is 0 Å². The Hall–Kier alpha value is -1.70. The Labute approximate surface area is 95.6 Å². The zero-order chi connectivity index (χ0) is 12.9. The van der Waals surface area contributed by atoms with Crippen LogP contribution in [0.2, 0.25) is 0 Å². The summed E-state index contributed by atoms with van der Waals surface area (Å²) in [5.41, 5.74) is -0.801. The summed E-state index contributed by atoms with van der Waals surface area (Å²) in [6.07, 6.45) is 5.20. The monoisotopic (exact) mass is 226 g/mol. The van der Waals surface area contributed by atoms with Gasteiger partial charge in [0.05, 0.1) is 5.54 Å². The van der Waals surface area contributed by atoms with E-state index in [4.69, 9.17) is 11.5 Å². The molecule has 0 fully saturated rings. The number of carboxylic acid groups (broad SMARTS) is 1. The summed E-state index contributed by atoms with van der Waals surface area (Å²) in [4.78, 5) is 22.3. The van der Waals surface area contributed by atoms with Gasteiger partial charge in [0.25, 0.3) is 0 Å². The Morgan fingerprint density at radius 1 is 1.38 bits per heavy atom. The van der Waals surface area contributed by atoms with Gasteiger partial charge in [0.2, 0.25) is 0 Å². The van der Waals surface area contributed by atoms with Crippen LogP contribution in [0.3, 0.4) is 0 Å². The summed E-state index contributed by atoms with van der Waals surface area (Å²) >= 11 is 0. The van der Waals surface area contributed by atoms with Crippen LogP contribution in [0.1, 0.15) is 27.7 Å². The topological polar surface area (TPSA) is 78.4 Å². The van der Waals surface area contributed by atoms with Gasteiger partial charge in [-0.2, -0.15) is 0 Å². The molecule has 0 heterocycles. The van der Waals surface area contributed by atoms with Crippen molar-refractivity contribution in [3.05, 3.63) is 0 Å². The Kier molecular flexibility index (Phi) is 4.83. The first kappa shape index (κ1) is 14.3. The minimum atomic E-state index is -1.07. The molecule has 0 saturated carbocycles. The molecule has 0 unspecified atom stereocenters. The number of aliphatic carboxylic acids is 1. The van der Waals surface area contributed by atoms with Crippen LogP contribution in [0.15, 0.2) is 0 Å². The van der Waals surface area contributed by atoms with Crippen molar-refractivity contribution in [2.75, 3.05) is 0 Å². The molecular formula is C11H18N2O3. The molecule has 5 nitrogen and oxygen atoms in total. The summed E-state index contributed by atoms with van der Waals surface area (Å²) in [6.45, 7) is 6.73. The third-order valence-electron chi connectivity index (χ3n) is 2.01. The predicted molar refractivity (Wildman–Crippen MR) is 60.8 cm³/mol. The van der Waals surface area contributed by atoms with Crippen molar-refractivity contribution in [1.82, 2.24) is 10.6 Å². The van der Waals surface area contributed by atoms with Crippen LogP contribution in [-0.2, 0) is 4.79 Å². The predicted octanol–water partition coefficient (Wildman–Crippen LogP) is 0.807. The van der Waals surface area contributed by atoms with E-state index in [0.29, 0.717) is 0 Å². The lowest BCUT2D eigenvalue weighted by molar-refractivity contribution is -0.140. The molecule has 0 aromatic heterocycles. The molecule has 16 heavy (non-hydrogen) atoms. The molecule has 0 aliphatic carbocycles. The first-order valence-corrected chi connectivity index (χ1v) is 4.99. The summed E-state index contributed by atoms with van der Waals surface area (Å²) in [5.74, 6) is 1.12. The van der Waals surface area contributed by atoms with E-state index >= 15 is 0 Å². The fourth-order valence-electron chi connectivity index (χ4n) is 1.01. The Morgan fingerprint density at radius 3 is 2.19 bits per heavy atom. The first-order chi connectivity index (χ1) is 7.19. The third kappa shape index (κ3) is 4.69. The molecule has 0 bridgehead atoms. The van der Waals surface area contributed by atoms with Gasteiger partial charge >= 0.3 is 12.0 Å². The van der Waals surface area contributed by atoms with Crippen LogP contribution in [0.4, 0.5) is 4.79 Å². The average molecular weight is 226 g/mol. The molecule has 2 amide bonds. The maximum atomic E-state index is 11.5. The van der Waals surface area contributed by atoms with Gasteiger partial charge in [-0.05, 0) is 19.8 Å². The van der Waals surface area contributed by atoms with Gasteiger partial charge < -0.3 is 15.7 Å². The number of amides is 2. The van der Waals surface area contributed by atoms with Crippen molar-refractivity contribution in [1.29, 1.82) is 0 Å². The van der Waals surface area contributed by atoms with Gasteiger partial charge in [-0.1, -0.05) is 19.8 Å². The second kappa shape index (κ2) is 5.40. The van der Waals surface area contributed by atoms with Crippen LogP contribution in [0.5, 0.6) is 0 Å². The van der Waals surface area contributed by atoms with Crippen molar-refractivity contribution < 1.29 is 14.7 Å². The van der Waals surface area contributed by atoms with E-state index < -0.39 is 23.6 Å². The van der Waals surface area contributed by atoms with Gasteiger partial charge in [-0.25, -0.2) is 9.59 Å². The van der Waals surface area contributed by atoms with E-state index in [-0.39, 0.29) is 5.92 Å². The van der Waals surface area contributed by atoms with Crippen LogP contribution in [-0.4, -0.2) is 28.7 Å². The molecule has 0 radical (unpaired) electrons. The molecule has 5 heteroatoms. The molecule has 90 valence electrons. The lowest BCUT2D eigenvalue weighted by atomic mass is 10.0. The quantitative estimate of drug-likeness (QED) is 0.621. The Bertz CT molecular complexity index is 316. The van der Waals surface area contributed by atoms with Crippen LogP contribution >= 0.6 is 0 Å². The average Bonchev–Trinajstić information content (AvgIpc) is 2.12. The summed E-state index contributed by atoms with van der Waals surface area (Å²) < 4.78 is 0. The maximum Gasteiger partial charge on any atom is 0.326 e. The normalized spacial score (nSPS) is 12.8. The number of urea groups is 1. The second-order valence-corrected chi connectivity index (χ2v) is 4.43. The SMILES string of the molecule is C#CC(C)(C)NC(=O)N[C@@H](C(=O)O)C(C)C. The van der Waals surface area contributed by atoms with E-state index in [1.54, 1.807) is 27.7 Å². The molecule has 0 aromatic rings. The third-order valence-corrected chi connectivity index (χ3v) is 2.01. The lowest BCUT2D eigenvalue weighted by Gasteiger charge is -2.23. The minimum Gasteiger partial charge on any atom is -0.480 e. The van der Waals surface area contributed by atoms with E-state index in [0.717, 1.165) is 0 Å². The number of carboxylic acids is 1. The molecule has 0 saturated heterocycles. The Balaban J connectivity index is 4.45. The smallest absolute Gasteiger partial charge is 0.326 e. The van der Waals surface area contributed by atoms with Crippen molar-refractivity contribution in [2.24, 2.45) is 5.92 Å². The van der Waals surface area contributed by atoms with Gasteiger partial charge in [0, 0.05) is 0 Å². The van der Waals surface area contributed by atoms with Crippen LogP contribution in [0, 0.1) is 18.3 Å². The maximum absolute atomic E-state index is 11.5. The standard InChI is InChI=1S/C11H18N2O3/c1-6-11(4,5)13-10(16)12-8(7(2)3)9(14)15/h1,7-8H,2-5H3,(H,14,15)(H2,12,13,16)/t8-/m1/s1. The highest BCUT2D eigenvalue weighted by molar-refractivity contribution is 5.83. The fraction of sp³-hybridized carbons (Fsp3) is 0.636. The first-order valence-electron chi connectivity index (χ1n) is 4.99. The number of rotatable bonds is 4. The van der Waals surface area contributed by atoms with Gasteiger partial charge in [-0.3, -0.25) is 0 Å². The number of nitrogens with one attached hydrogen (secondary N) is 2. The molecular weight excluding hydrogens is 208 g/mol. The fourth-order valence-corrected chi connectivity index (χ4v) is 1.01. The highest BCUT2D eigenvalue weighted by atomic mass is 16.4. The van der Waals surface area contributed by atoms with E-state index in [1.165, 1.54) is 0 Å². The van der Waals surface area contributed by atoms with E-state index in [1.807, 2.05) is 0 Å². The second-order valence-electron chi connectivity index (χ2n) is 4.43.